The zero-order valence-corrected chi connectivity index (χ0v) is 15.9. The van der Waals surface area contributed by atoms with Gasteiger partial charge in [0.15, 0.2) is 0 Å². The van der Waals surface area contributed by atoms with Crippen molar-refractivity contribution in [2.75, 3.05) is 26.2 Å². The fraction of sp³-hybridized carbons (Fsp3) is 0.364. The Morgan fingerprint density at radius 3 is 2.44 bits per heavy atom. The normalized spacial score (nSPS) is 14.8. The third-order valence-corrected chi connectivity index (χ3v) is 4.98. The van der Waals surface area contributed by atoms with Crippen LogP contribution in [0.2, 0.25) is 0 Å². The molecule has 2 aromatic carbocycles. The van der Waals surface area contributed by atoms with Crippen molar-refractivity contribution >= 4 is 11.8 Å². The molecule has 0 radical (unpaired) electrons. The molecule has 0 spiro atoms. The lowest BCUT2D eigenvalue weighted by molar-refractivity contribution is -0.130. The SMILES string of the molecule is Cc1cccc(CC(=O)N2CCCN(C(=O)c3ccc(F)c(C)c3)CC2)c1. The van der Waals surface area contributed by atoms with E-state index in [1.165, 1.54) is 12.1 Å². The number of amides is 2. The van der Waals surface area contributed by atoms with E-state index in [4.69, 9.17) is 0 Å². The van der Waals surface area contributed by atoms with E-state index < -0.39 is 0 Å². The van der Waals surface area contributed by atoms with E-state index in [9.17, 15) is 14.0 Å². The highest BCUT2D eigenvalue weighted by Crippen LogP contribution is 2.14. The summed E-state index contributed by atoms with van der Waals surface area (Å²) in [6, 6.07) is 12.4. The summed E-state index contributed by atoms with van der Waals surface area (Å²) < 4.78 is 13.4. The van der Waals surface area contributed by atoms with Crippen molar-refractivity contribution in [3.63, 3.8) is 0 Å². The molecule has 1 fully saturated rings. The second-order valence-corrected chi connectivity index (χ2v) is 7.16. The molecule has 0 aliphatic carbocycles. The van der Waals surface area contributed by atoms with E-state index >= 15 is 0 Å². The molecular weight excluding hydrogens is 343 g/mol. The van der Waals surface area contributed by atoms with E-state index in [2.05, 4.69) is 0 Å². The molecule has 2 amide bonds. The summed E-state index contributed by atoms with van der Waals surface area (Å²) in [7, 11) is 0. The largest absolute Gasteiger partial charge is 0.341 e. The fourth-order valence-electron chi connectivity index (χ4n) is 3.44. The van der Waals surface area contributed by atoms with Crippen LogP contribution in [0.15, 0.2) is 42.5 Å². The van der Waals surface area contributed by atoms with Crippen LogP contribution in [-0.2, 0) is 11.2 Å². The average Bonchev–Trinajstić information content (AvgIpc) is 2.90. The number of hydrogen-bond acceptors (Lipinski definition) is 2. The first kappa shape index (κ1) is 19.1. The molecule has 4 nitrogen and oxygen atoms in total. The van der Waals surface area contributed by atoms with Crippen molar-refractivity contribution in [3.8, 4) is 0 Å². The molecule has 0 unspecified atom stereocenters. The van der Waals surface area contributed by atoms with Gasteiger partial charge in [0.2, 0.25) is 5.91 Å². The van der Waals surface area contributed by atoms with Crippen LogP contribution in [0.1, 0.15) is 33.5 Å². The number of carbonyl (C=O) groups is 2. The number of carbonyl (C=O) groups excluding carboxylic acids is 2. The van der Waals surface area contributed by atoms with Gasteiger partial charge in [0, 0.05) is 31.7 Å². The Balaban J connectivity index is 1.62. The van der Waals surface area contributed by atoms with E-state index in [0.717, 1.165) is 17.5 Å². The standard InChI is InChI=1S/C22H25FN2O2/c1-16-5-3-6-18(13-16)15-21(26)24-9-4-10-25(12-11-24)22(27)19-7-8-20(23)17(2)14-19/h3,5-8,13-14H,4,9-12,15H2,1-2H3. The highest BCUT2D eigenvalue weighted by atomic mass is 19.1. The molecule has 5 heteroatoms. The Bertz CT molecular complexity index is 850. The molecule has 1 aliphatic rings. The predicted octanol–water partition coefficient (Wildman–Crippen LogP) is 3.36. The third-order valence-electron chi connectivity index (χ3n) is 4.98. The molecule has 3 rings (SSSR count). The van der Waals surface area contributed by atoms with Crippen molar-refractivity contribution in [2.24, 2.45) is 0 Å². The number of hydrogen-bond donors (Lipinski definition) is 0. The van der Waals surface area contributed by atoms with Crippen LogP contribution in [0.25, 0.3) is 0 Å². The highest BCUT2D eigenvalue weighted by Gasteiger charge is 2.23. The minimum absolute atomic E-state index is 0.0903. The first-order valence-corrected chi connectivity index (χ1v) is 9.33. The van der Waals surface area contributed by atoms with Crippen LogP contribution in [0.3, 0.4) is 0 Å². The Morgan fingerprint density at radius 1 is 0.963 bits per heavy atom. The van der Waals surface area contributed by atoms with Gasteiger partial charge in [-0.15, -0.1) is 0 Å². The minimum atomic E-state index is -0.310. The van der Waals surface area contributed by atoms with Crippen LogP contribution < -0.4 is 0 Å². The summed E-state index contributed by atoms with van der Waals surface area (Å²) in [5.41, 5.74) is 3.11. The van der Waals surface area contributed by atoms with Gasteiger partial charge >= 0.3 is 0 Å². The van der Waals surface area contributed by atoms with Gasteiger partial charge in [0.25, 0.3) is 5.91 Å². The molecular formula is C22H25FN2O2. The summed E-state index contributed by atoms with van der Waals surface area (Å²) >= 11 is 0. The van der Waals surface area contributed by atoms with Crippen LogP contribution in [0, 0.1) is 19.7 Å². The number of benzene rings is 2. The molecule has 142 valence electrons. The molecule has 0 bridgehead atoms. The summed E-state index contributed by atoms with van der Waals surface area (Å²) in [5, 5.41) is 0. The van der Waals surface area contributed by atoms with Crippen LogP contribution in [-0.4, -0.2) is 47.8 Å². The highest BCUT2D eigenvalue weighted by molar-refractivity contribution is 5.94. The van der Waals surface area contributed by atoms with Crippen molar-refractivity contribution in [3.05, 3.63) is 70.5 Å². The maximum atomic E-state index is 13.4. The molecule has 0 saturated carbocycles. The summed E-state index contributed by atoms with van der Waals surface area (Å²) in [6.45, 7) is 5.94. The van der Waals surface area contributed by atoms with E-state index in [-0.39, 0.29) is 17.6 Å². The predicted molar refractivity (Wildman–Crippen MR) is 103 cm³/mol. The van der Waals surface area contributed by atoms with Gasteiger partial charge in [0.1, 0.15) is 5.82 Å². The average molecular weight is 368 g/mol. The van der Waals surface area contributed by atoms with Gasteiger partial charge in [-0.2, -0.15) is 0 Å². The Kier molecular flexibility index (Phi) is 5.89. The van der Waals surface area contributed by atoms with Gasteiger partial charge in [-0.3, -0.25) is 9.59 Å². The maximum Gasteiger partial charge on any atom is 0.253 e. The zero-order valence-electron chi connectivity index (χ0n) is 15.9. The van der Waals surface area contributed by atoms with Gasteiger partial charge in [0.05, 0.1) is 6.42 Å². The summed E-state index contributed by atoms with van der Waals surface area (Å²) in [6.07, 6.45) is 1.12. The number of nitrogens with zero attached hydrogens (tertiary/aromatic N) is 2. The summed E-state index contributed by atoms with van der Waals surface area (Å²) in [4.78, 5) is 29.0. The van der Waals surface area contributed by atoms with Gasteiger partial charge in [-0.25, -0.2) is 4.39 Å². The number of rotatable bonds is 3. The molecule has 0 atom stereocenters. The van der Waals surface area contributed by atoms with Crippen molar-refractivity contribution in [1.82, 2.24) is 9.80 Å². The van der Waals surface area contributed by atoms with Crippen molar-refractivity contribution in [1.29, 1.82) is 0 Å². The van der Waals surface area contributed by atoms with E-state index in [1.807, 2.05) is 36.1 Å². The molecule has 27 heavy (non-hydrogen) atoms. The monoisotopic (exact) mass is 368 g/mol. The molecule has 1 heterocycles. The smallest absolute Gasteiger partial charge is 0.253 e. The second-order valence-electron chi connectivity index (χ2n) is 7.16. The van der Waals surface area contributed by atoms with Gasteiger partial charge < -0.3 is 9.80 Å². The van der Waals surface area contributed by atoms with E-state index in [0.29, 0.717) is 43.7 Å². The minimum Gasteiger partial charge on any atom is -0.341 e. The lowest BCUT2D eigenvalue weighted by Crippen LogP contribution is -2.38. The molecule has 2 aromatic rings. The number of halogens is 1. The molecule has 0 N–H and O–H groups in total. The van der Waals surface area contributed by atoms with Crippen LogP contribution in [0.5, 0.6) is 0 Å². The van der Waals surface area contributed by atoms with Crippen LogP contribution in [0.4, 0.5) is 4.39 Å². The first-order chi connectivity index (χ1) is 12.9. The molecule has 1 aliphatic heterocycles. The Labute approximate surface area is 159 Å². The molecule has 1 saturated heterocycles. The number of aryl methyl sites for hydroxylation is 2. The Hall–Kier alpha value is -2.69. The molecule has 0 aromatic heterocycles. The summed E-state index contributed by atoms with van der Waals surface area (Å²) in [5.74, 6) is -0.325. The van der Waals surface area contributed by atoms with Gasteiger partial charge in [-0.05, 0) is 49.6 Å². The van der Waals surface area contributed by atoms with E-state index in [1.54, 1.807) is 17.9 Å². The first-order valence-electron chi connectivity index (χ1n) is 9.33. The third kappa shape index (κ3) is 4.73. The maximum absolute atomic E-state index is 13.4. The Morgan fingerprint density at radius 2 is 1.70 bits per heavy atom. The fourth-order valence-corrected chi connectivity index (χ4v) is 3.44. The lowest BCUT2D eigenvalue weighted by atomic mass is 10.1. The quantitative estimate of drug-likeness (QED) is 0.834. The van der Waals surface area contributed by atoms with Gasteiger partial charge in [-0.1, -0.05) is 29.8 Å². The zero-order chi connectivity index (χ0) is 19.4. The second kappa shape index (κ2) is 8.33. The van der Waals surface area contributed by atoms with Crippen molar-refractivity contribution < 1.29 is 14.0 Å². The van der Waals surface area contributed by atoms with Crippen molar-refractivity contribution in [2.45, 2.75) is 26.7 Å². The van der Waals surface area contributed by atoms with Crippen LogP contribution >= 0.6 is 0 Å². The topological polar surface area (TPSA) is 40.6 Å². The lowest BCUT2D eigenvalue weighted by Gasteiger charge is -2.22.